The number of nitrogens with one attached hydrogen (secondary N) is 2. The number of amides is 1. The number of anilines is 1. The van der Waals surface area contributed by atoms with Crippen LogP contribution in [0.3, 0.4) is 0 Å². The molecule has 0 atom stereocenters. The summed E-state index contributed by atoms with van der Waals surface area (Å²) in [5, 5.41) is 5.23. The maximum atomic E-state index is 13.3. The number of nitrogens with zero attached hydrogens (tertiary/aromatic N) is 4. The maximum absolute atomic E-state index is 13.3. The Labute approximate surface area is 201 Å². The second-order valence-electron chi connectivity index (χ2n) is 8.12. The molecule has 174 valence electrons. The highest BCUT2D eigenvalue weighted by Gasteiger charge is 2.19. The van der Waals surface area contributed by atoms with Gasteiger partial charge in [-0.1, -0.05) is 60.2 Å². The first-order chi connectivity index (χ1) is 17.0. The zero-order valence-electron chi connectivity index (χ0n) is 19.4. The SMILES string of the molecule is CCn1c(NNC(=O)c2cn(-c3ccc(C)cc3)nc2-c2ccccc2)nc2ccccc2c1=O. The van der Waals surface area contributed by atoms with Gasteiger partial charge in [-0.15, -0.1) is 0 Å². The van der Waals surface area contributed by atoms with Gasteiger partial charge in [-0.05, 0) is 38.1 Å². The van der Waals surface area contributed by atoms with E-state index in [-0.39, 0.29) is 11.5 Å². The third-order valence-corrected chi connectivity index (χ3v) is 5.77. The summed E-state index contributed by atoms with van der Waals surface area (Å²) in [5.74, 6) is -0.135. The molecule has 0 spiro atoms. The predicted molar refractivity (Wildman–Crippen MR) is 137 cm³/mol. The van der Waals surface area contributed by atoms with E-state index in [2.05, 4.69) is 15.8 Å². The summed E-state index contributed by atoms with van der Waals surface area (Å²) in [5.41, 5.74) is 9.65. The van der Waals surface area contributed by atoms with Gasteiger partial charge in [0, 0.05) is 18.3 Å². The molecule has 0 radical (unpaired) electrons. The van der Waals surface area contributed by atoms with E-state index in [0.717, 1.165) is 16.8 Å². The van der Waals surface area contributed by atoms with Gasteiger partial charge < -0.3 is 0 Å². The first kappa shape index (κ1) is 22.1. The third kappa shape index (κ3) is 4.29. The predicted octanol–water partition coefficient (Wildman–Crippen LogP) is 4.33. The standard InChI is InChI=1S/C27H24N6O2/c1-3-32-26(35)21-11-7-8-12-23(21)28-27(32)30-29-25(34)22-17-33(20-15-13-18(2)14-16-20)31-24(22)19-9-5-4-6-10-19/h4-17H,3H2,1-2H3,(H,28,30)(H,29,34). The summed E-state index contributed by atoms with van der Waals surface area (Å²) in [6.07, 6.45) is 1.70. The number of fused-ring (bicyclic) bond motifs is 1. The topological polar surface area (TPSA) is 93.8 Å². The largest absolute Gasteiger partial charge is 0.277 e. The number of benzene rings is 3. The van der Waals surface area contributed by atoms with E-state index in [1.54, 1.807) is 29.1 Å². The minimum Gasteiger partial charge on any atom is -0.277 e. The summed E-state index contributed by atoms with van der Waals surface area (Å²) in [6.45, 7) is 4.27. The van der Waals surface area contributed by atoms with Gasteiger partial charge in [0.25, 0.3) is 11.5 Å². The van der Waals surface area contributed by atoms with Gasteiger partial charge in [0.15, 0.2) is 0 Å². The van der Waals surface area contributed by atoms with Gasteiger partial charge >= 0.3 is 0 Å². The normalized spacial score (nSPS) is 10.9. The average Bonchev–Trinajstić information content (AvgIpc) is 3.34. The molecule has 0 aliphatic rings. The molecule has 0 unspecified atom stereocenters. The second-order valence-corrected chi connectivity index (χ2v) is 8.12. The van der Waals surface area contributed by atoms with Crippen molar-refractivity contribution < 1.29 is 4.79 Å². The first-order valence-corrected chi connectivity index (χ1v) is 11.3. The summed E-state index contributed by atoms with van der Waals surface area (Å²) < 4.78 is 3.17. The monoisotopic (exact) mass is 464 g/mol. The number of carbonyl (C=O) groups excluding carboxylic acids is 1. The zero-order chi connectivity index (χ0) is 24.4. The lowest BCUT2D eigenvalue weighted by atomic mass is 10.1. The van der Waals surface area contributed by atoms with E-state index in [9.17, 15) is 9.59 Å². The van der Waals surface area contributed by atoms with Crippen molar-refractivity contribution in [2.45, 2.75) is 20.4 Å². The molecule has 2 aromatic heterocycles. The number of hydrogen-bond donors (Lipinski definition) is 2. The van der Waals surface area contributed by atoms with Gasteiger partial charge in [0.2, 0.25) is 5.95 Å². The number of aryl methyl sites for hydroxylation is 1. The molecular formula is C27H24N6O2. The molecular weight excluding hydrogens is 440 g/mol. The van der Waals surface area contributed by atoms with Crippen molar-refractivity contribution in [3.05, 3.63) is 107 Å². The van der Waals surface area contributed by atoms with Crippen LogP contribution >= 0.6 is 0 Å². The molecule has 0 saturated carbocycles. The van der Waals surface area contributed by atoms with Crippen LogP contribution in [0.15, 0.2) is 89.9 Å². The fourth-order valence-electron chi connectivity index (χ4n) is 3.92. The summed E-state index contributed by atoms with van der Waals surface area (Å²) in [4.78, 5) is 30.7. The van der Waals surface area contributed by atoms with Crippen molar-refractivity contribution in [1.82, 2.24) is 24.8 Å². The molecule has 2 N–H and O–H groups in total. The number of para-hydroxylation sites is 1. The van der Waals surface area contributed by atoms with E-state index < -0.39 is 5.91 Å². The first-order valence-electron chi connectivity index (χ1n) is 11.3. The van der Waals surface area contributed by atoms with Crippen LogP contribution in [0.2, 0.25) is 0 Å². The van der Waals surface area contributed by atoms with Crippen LogP contribution in [-0.4, -0.2) is 25.2 Å². The molecule has 0 saturated heterocycles. The Morgan fingerprint density at radius 3 is 2.40 bits per heavy atom. The molecule has 8 heteroatoms. The van der Waals surface area contributed by atoms with Crippen molar-refractivity contribution in [2.75, 3.05) is 5.43 Å². The maximum Gasteiger partial charge on any atom is 0.273 e. The number of hydrogen-bond acceptors (Lipinski definition) is 5. The Hall–Kier alpha value is -4.72. The van der Waals surface area contributed by atoms with Crippen molar-refractivity contribution in [3.63, 3.8) is 0 Å². The van der Waals surface area contributed by atoms with Crippen LogP contribution < -0.4 is 16.4 Å². The number of rotatable bonds is 6. The minimum atomic E-state index is -0.396. The molecule has 0 aliphatic carbocycles. The Bertz CT molecular complexity index is 1570. The molecule has 3 aromatic carbocycles. The Morgan fingerprint density at radius 2 is 1.66 bits per heavy atom. The van der Waals surface area contributed by atoms with Gasteiger partial charge in [0.1, 0.15) is 5.69 Å². The molecule has 5 aromatic rings. The Morgan fingerprint density at radius 1 is 0.943 bits per heavy atom. The molecule has 5 rings (SSSR count). The van der Waals surface area contributed by atoms with E-state index in [0.29, 0.717) is 28.7 Å². The molecule has 35 heavy (non-hydrogen) atoms. The Kier molecular flexibility index (Phi) is 5.85. The highest BCUT2D eigenvalue weighted by atomic mass is 16.2. The number of hydrazine groups is 1. The van der Waals surface area contributed by atoms with Gasteiger partial charge in [-0.25, -0.2) is 9.67 Å². The van der Waals surface area contributed by atoms with E-state index >= 15 is 0 Å². The summed E-state index contributed by atoms with van der Waals surface area (Å²) >= 11 is 0. The van der Waals surface area contributed by atoms with Crippen LogP contribution in [0.1, 0.15) is 22.8 Å². The fourth-order valence-corrected chi connectivity index (χ4v) is 3.92. The molecule has 8 nitrogen and oxygen atoms in total. The van der Waals surface area contributed by atoms with Crippen molar-refractivity contribution >= 4 is 22.8 Å². The molecule has 0 bridgehead atoms. The smallest absolute Gasteiger partial charge is 0.273 e. The van der Waals surface area contributed by atoms with Gasteiger partial charge in [-0.3, -0.25) is 25.0 Å². The third-order valence-electron chi connectivity index (χ3n) is 5.77. The van der Waals surface area contributed by atoms with Crippen molar-refractivity contribution in [2.24, 2.45) is 0 Å². The van der Waals surface area contributed by atoms with Crippen LogP contribution in [0.4, 0.5) is 5.95 Å². The molecule has 1 amide bonds. The van der Waals surface area contributed by atoms with Crippen molar-refractivity contribution in [3.8, 4) is 16.9 Å². The molecule has 0 fully saturated rings. The van der Waals surface area contributed by atoms with Crippen LogP contribution in [0.5, 0.6) is 0 Å². The lowest BCUT2D eigenvalue weighted by molar-refractivity contribution is 0.0962. The average molecular weight is 465 g/mol. The van der Waals surface area contributed by atoms with Crippen LogP contribution in [-0.2, 0) is 6.54 Å². The Balaban J connectivity index is 1.50. The highest BCUT2D eigenvalue weighted by molar-refractivity contribution is 6.00. The van der Waals surface area contributed by atoms with E-state index in [1.165, 1.54) is 4.57 Å². The van der Waals surface area contributed by atoms with Crippen LogP contribution in [0, 0.1) is 6.92 Å². The molecule has 2 heterocycles. The van der Waals surface area contributed by atoms with Gasteiger partial charge in [0.05, 0.1) is 22.2 Å². The van der Waals surface area contributed by atoms with Crippen molar-refractivity contribution in [1.29, 1.82) is 0 Å². The van der Waals surface area contributed by atoms with Gasteiger partial charge in [-0.2, -0.15) is 5.10 Å². The minimum absolute atomic E-state index is 0.174. The zero-order valence-corrected chi connectivity index (χ0v) is 19.4. The lowest BCUT2D eigenvalue weighted by Gasteiger charge is -2.14. The number of aromatic nitrogens is 4. The van der Waals surface area contributed by atoms with E-state index in [1.807, 2.05) is 74.5 Å². The quantitative estimate of drug-likeness (QED) is 0.365. The lowest BCUT2D eigenvalue weighted by Crippen LogP contribution is -2.34. The van der Waals surface area contributed by atoms with E-state index in [4.69, 9.17) is 5.10 Å². The second kappa shape index (κ2) is 9.26. The molecule has 0 aliphatic heterocycles. The number of carbonyl (C=O) groups is 1. The summed E-state index contributed by atoms with van der Waals surface area (Å²) in [6, 6.07) is 24.6. The van der Waals surface area contributed by atoms with Crippen LogP contribution in [0.25, 0.3) is 27.8 Å². The highest BCUT2D eigenvalue weighted by Crippen LogP contribution is 2.24. The summed E-state index contributed by atoms with van der Waals surface area (Å²) in [7, 11) is 0. The fraction of sp³-hybridized carbons (Fsp3) is 0.111.